The number of carbonyl (C=O) groups is 1. The quantitative estimate of drug-likeness (QED) is 0.860. The molecule has 0 saturated heterocycles. The topological polar surface area (TPSA) is 65.0 Å². The number of hydrogen-bond donors (Lipinski definition) is 1. The van der Waals surface area contributed by atoms with Gasteiger partial charge in [0.05, 0.1) is 12.7 Å². The van der Waals surface area contributed by atoms with Crippen LogP contribution in [0.2, 0.25) is 0 Å². The third kappa shape index (κ3) is 2.38. The molecule has 5 nitrogen and oxygen atoms in total. The molecule has 1 N–H and O–H groups in total. The number of esters is 1. The number of benzene rings is 2. The average Bonchev–Trinajstić information content (AvgIpc) is 2.91. The number of hydrogen-bond acceptors (Lipinski definition) is 5. The van der Waals surface area contributed by atoms with E-state index < -0.39 is 12.3 Å². The van der Waals surface area contributed by atoms with Gasteiger partial charge in [-0.1, -0.05) is 29.8 Å². The summed E-state index contributed by atoms with van der Waals surface area (Å²) in [5.41, 5.74) is 2.17. The Morgan fingerprint density at radius 3 is 2.57 bits per heavy atom. The molecule has 1 aliphatic heterocycles. The summed E-state index contributed by atoms with van der Waals surface area (Å²) in [4.78, 5) is 11.5. The summed E-state index contributed by atoms with van der Waals surface area (Å²) in [5, 5.41) is 9.95. The molecule has 0 saturated carbocycles. The molecule has 0 fully saturated rings. The van der Waals surface area contributed by atoms with Crippen LogP contribution in [-0.2, 0) is 4.74 Å². The normalized spacial score (nSPS) is 15.8. The van der Waals surface area contributed by atoms with Crippen molar-refractivity contribution in [2.75, 3.05) is 7.11 Å². The molecular weight excluding hydrogens is 272 g/mol. The number of phenolic OH excluding ortho intramolecular Hbond substituents is 1. The predicted octanol–water partition coefficient (Wildman–Crippen LogP) is 2.96. The lowest BCUT2D eigenvalue weighted by atomic mass is 10.1. The molecule has 1 heterocycles. The minimum atomic E-state index is -0.639. The Morgan fingerprint density at radius 1 is 1.19 bits per heavy atom. The number of ether oxygens (including phenoxy) is 3. The van der Waals surface area contributed by atoms with Crippen LogP contribution in [0.4, 0.5) is 0 Å². The Labute approximate surface area is 121 Å². The zero-order chi connectivity index (χ0) is 15.0. The van der Waals surface area contributed by atoms with E-state index in [1.54, 1.807) is 0 Å². The molecular formula is C16H14O5. The van der Waals surface area contributed by atoms with Crippen molar-refractivity contribution in [1.29, 1.82) is 0 Å². The smallest absolute Gasteiger partial charge is 0.338 e. The minimum absolute atomic E-state index is 0.150. The number of methoxy groups -OCH3 is 1. The zero-order valence-electron chi connectivity index (χ0n) is 11.6. The third-order valence-corrected chi connectivity index (χ3v) is 3.26. The lowest BCUT2D eigenvalue weighted by molar-refractivity contribution is 0.0472. The first-order valence-electron chi connectivity index (χ1n) is 6.43. The van der Waals surface area contributed by atoms with E-state index in [0.29, 0.717) is 5.75 Å². The maximum Gasteiger partial charge on any atom is 0.338 e. The van der Waals surface area contributed by atoms with E-state index in [2.05, 4.69) is 4.74 Å². The van der Waals surface area contributed by atoms with Gasteiger partial charge in [-0.3, -0.25) is 0 Å². The van der Waals surface area contributed by atoms with Gasteiger partial charge in [-0.2, -0.15) is 0 Å². The number of carbonyl (C=O) groups excluding carboxylic acids is 1. The van der Waals surface area contributed by atoms with Crippen LogP contribution in [0, 0.1) is 6.92 Å². The van der Waals surface area contributed by atoms with Gasteiger partial charge < -0.3 is 19.3 Å². The van der Waals surface area contributed by atoms with Gasteiger partial charge in [0.2, 0.25) is 5.75 Å². The van der Waals surface area contributed by atoms with Crippen molar-refractivity contribution in [1.82, 2.24) is 0 Å². The molecule has 1 atom stereocenters. The number of phenols is 1. The Balaban J connectivity index is 1.91. The molecule has 0 aliphatic carbocycles. The van der Waals surface area contributed by atoms with Crippen LogP contribution in [-0.4, -0.2) is 18.2 Å². The number of aryl methyl sites for hydroxylation is 1. The first-order valence-corrected chi connectivity index (χ1v) is 6.43. The maximum absolute atomic E-state index is 11.5. The largest absolute Gasteiger partial charge is 0.504 e. The number of rotatable bonds is 2. The SMILES string of the molecule is COC(=O)c1cc(O)c2c(c1)OC(c1ccc(C)cc1)O2. The van der Waals surface area contributed by atoms with Gasteiger partial charge in [-0.05, 0) is 19.1 Å². The fourth-order valence-electron chi connectivity index (χ4n) is 2.14. The van der Waals surface area contributed by atoms with Crippen molar-refractivity contribution in [2.45, 2.75) is 13.2 Å². The van der Waals surface area contributed by atoms with Crippen LogP contribution in [0.15, 0.2) is 36.4 Å². The highest BCUT2D eigenvalue weighted by Crippen LogP contribution is 2.47. The molecule has 2 aromatic rings. The lowest BCUT2D eigenvalue weighted by Crippen LogP contribution is -2.07. The standard InChI is InChI=1S/C16H14O5/c1-9-3-5-10(6-4-9)16-20-13-8-11(15(18)19-2)7-12(17)14(13)21-16/h3-8,16-17H,1-2H3. The first kappa shape index (κ1) is 13.3. The van der Waals surface area contributed by atoms with Crippen LogP contribution in [0.3, 0.4) is 0 Å². The van der Waals surface area contributed by atoms with Crippen molar-refractivity contribution in [3.05, 3.63) is 53.1 Å². The molecule has 0 aromatic heterocycles. The zero-order valence-corrected chi connectivity index (χ0v) is 11.6. The van der Waals surface area contributed by atoms with E-state index in [0.717, 1.165) is 11.1 Å². The van der Waals surface area contributed by atoms with Gasteiger partial charge in [0.25, 0.3) is 6.29 Å². The van der Waals surface area contributed by atoms with Gasteiger partial charge in [0.15, 0.2) is 11.5 Å². The van der Waals surface area contributed by atoms with Crippen molar-refractivity contribution < 1.29 is 24.1 Å². The van der Waals surface area contributed by atoms with E-state index in [9.17, 15) is 9.90 Å². The Hall–Kier alpha value is -2.69. The van der Waals surface area contributed by atoms with Crippen molar-refractivity contribution >= 4 is 5.97 Å². The van der Waals surface area contributed by atoms with Crippen LogP contribution >= 0.6 is 0 Å². The van der Waals surface area contributed by atoms with E-state index >= 15 is 0 Å². The van der Waals surface area contributed by atoms with E-state index in [4.69, 9.17) is 9.47 Å². The van der Waals surface area contributed by atoms with Gasteiger partial charge in [0.1, 0.15) is 0 Å². The van der Waals surface area contributed by atoms with Crippen LogP contribution < -0.4 is 9.47 Å². The molecule has 2 aromatic carbocycles. The molecule has 0 radical (unpaired) electrons. The van der Waals surface area contributed by atoms with Crippen LogP contribution in [0.1, 0.15) is 27.8 Å². The second-order valence-electron chi connectivity index (χ2n) is 4.79. The molecule has 21 heavy (non-hydrogen) atoms. The van der Waals surface area contributed by atoms with E-state index in [1.807, 2.05) is 31.2 Å². The summed E-state index contributed by atoms with van der Waals surface area (Å²) in [6.07, 6.45) is -0.639. The molecule has 0 spiro atoms. The van der Waals surface area contributed by atoms with Crippen molar-refractivity contribution in [2.24, 2.45) is 0 Å². The van der Waals surface area contributed by atoms with Crippen LogP contribution in [0.25, 0.3) is 0 Å². The summed E-state index contributed by atoms with van der Waals surface area (Å²) in [5.74, 6) is -0.146. The highest BCUT2D eigenvalue weighted by molar-refractivity contribution is 5.91. The van der Waals surface area contributed by atoms with Crippen molar-refractivity contribution in [3.63, 3.8) is 0 Å². The highest BCUT2D eigenvalue weighted by atomic mass is 16.7. The minimum Gasteiger partial charge on any atom is -0.504 e. The lowest BCUT2D eigenvalue weighted by Gasteiger charge is -2.10. The highest BCUT2D eigenvalue weighted by Gasteiger charge is 2.30. The van der Waals surface area contributed by atoms with Crippen molar-refractivity contribution in [3.8, 4) is 17.2 Å². The third-order valence-electron chi connectivity index (χ3n) is 3.26. The molecule has 0 bridgehead atoms. The second-order valence-corrected chi connectivity index (χ2v) is 4.79. The van der Waals surface area contributed by atoms with Crippen LogP contribution in [0.5, 0.6) is 17.2 Å². The summed E-state index contributed by atoms with van der Waals surface area (Å²) >= 11 is 0. The molecule has 5 heteroatoms. The fraction of sp³-hybridized carbons (Fsp3) is 0.188. The second kappa shape index (κ2) is 5.01. The summed E-state index contributed by atoms with van der Waals surface area (Å²) in [6.45, 7) is 1.99. The monoisotopic (exact) mass is 286 g/mol. The predicted molar refractivity (Wildman–Crippen MR) is 74.6 cm³/mol. The van der Waals surface area contributed by atoms with E-state index in [1.165, 1.54) is 19.2 Å². The number of aromatic hydroxyl groups is 1. The first-order chi connectivity index (χ1) is 10.1. The van der Waals surface area contributed by atoms with Gasteiger partial charge >= 0.3 is 5.97 Å². The molecule has 0 amide bonds. The Kier molecular flexibility index (Phi) is 3.17. The molecule has 3 rings (SSSR count). The van der Waals surface area contributed by atoms with Gasteiger partial charge in [-0.15, -0.1) is 0 Å². The number of fused-ring (bicyclic) bond motifs is 1. The average molecular weight is 286 g/mol. The Bertz CT molecular complexity index is 691. The van der Waals surface area contributed by atoms with E-state index in [-0.39, 0.29) is 17.1 Å². The Morgan fingerprint density at radius 2 is 1.90 bits per heavy atom. The summed E-state index contributed by atoms with van der Waals surface area (Å²) < 4.78 is 15.9. The van der Waals surface area contributed by atoms with Gasteiger partial charge in [-0.25, -0.2) is 4.79 Å². The van der Waals surface area contributed by atoms with Gasteiger partial charge in [0, 0.05) is 5.56 Å². The summed E-state index contributed by atoms with van der Waals surface area (Å²) in [6, 6.07) is 10.5. The maximum atomic E-state index is 11.5. The summed E-state index contributed by atoms with van der Waals surface area (Å²) in [7, 11) is 1.28. The molecule has 1 unspecified atom stereocenters. The molecule has 108 valence electrons. The molecule has 1 aliphatic rings. The fourth-order valence-corrected chi connectivity index (χ4v) is 2.14.